The van der Waals surface area contributed by atoms with Crippen molar-refractivity contribution in [1.29, 1.82) is 0 Å². The Morgan fingerprint density at radius 2 is 2.06 bits per heavy atom. The number of benzene rings is 1. The van der Waals surface area contributed by atoms with Gasteiger partial charge in [-0.05, 0) is 50.6 Å². The molecule has 1 unspecified atom stereocenters. The Balaban J connectivity index is 2.32. The smallest absolute Gasteiger partial charge is 0.0917 e. The minimum Gasteiger partial charge on any atom is -0.399 e. The van der Waals surface area contributed by atoms with Crippen LogP contribution < -0.4 is 5.73 Å². The molecular weight excluding hydrogens is 228 g/mol. The van der Waals surface area contributed by atoms with Crippen LogP contribution in [0, 0.1) is 0 Å². The first-order valence-corrected chi connectivity index (χ1v) is 6.46. The summed E-state index contributed by atoms with van der Waals surface area (Å²) in [4.78, 5) is 2.10. The lowest BCUT2D eigenvalue weighted by Crippen LogP contribution is -2.25. The van der Waals surface area contributed by atoms with Crippen molar-refractivity contribution in [3.63, 3.8) is 0 Å². The van der Waals surface area contributed by atoms with Crippen molar-refractivity contribution in [2.45, 2.75) is 25.4 Å². The first-order chi connectivity index (χ1) is 8.63. The van der Waals surface area contributed by atoms with Gasteiger partial charge in [-0.3, -0.25) is 0 Å². The summed E-state index contributed by atoms with van der Waals surface area (Å²) in [5.41, 5.74) is 7.23. The maximum Gasteiger partial charge on any atom is 0.0917 e. The van der Waals surface area contributed by atoms with E-state index >= 15 is 0 Å². The van der Waals surface area contributed by atoms with Crippen LogP contribution in [-0.4, -0.2) is 41.9 Å². The molecule has 4 N–H and O–H groups in total. The van der Waals surface area contributed by atoms with Gasteiger partial charge in [0.05, 0.1) is 6.10 Å². The van der Waals surface area contributed by atoms with Crippen molar-refractivity contribution >= 4 is 5.69 Å². The van der Waals surface area contributed by atoms with Crippen molar-refractivity contribution in [3.05, 3.63) is 29.8 Å². The summed E-state index contributed by atoms with van der Waals surface area (Å²) in [6.07, 6.45) is 2.41. The van der Waals surface area contributed by atoms with Gasteiger partial charge in [0.25, 0.3) is 0 Å². The Morgan fingerprint density at radius 1 is 1.28 bits per heavy atom. The van der Waals surface area contributed by atoms with Crippen LogP contribution in [0.25, 0.3) is 0 Å². The van der Waals surface area contributed by atoms with E-state index in [4.69, 9.17) is 10.8 Å². The number of unbranched alkanes of at least 4 members (excludes halogenated alkanes) is 2. The lowest BCUT2D eigenvalue weighted by molar-refractivity contribution is 0.125. The first kappa shape index (κ1) is 15.0. The fraction of sp³-hybridized carbons (Fsp3) is 0.571. The maximum absolute atomic E-state index is 10.1. The molecule has 0 amide bonds. The van der Waals surface area contributed by atoms with E-state index in [0.717, 1.165) is 31.4 Å². The predicted molar refractivity (Wildman–Crippen MR) is 74.2 cm³/mol. The van der Waals surface area contributed by atoms with Gasteiger partial charge in [0.1, 0.15) is 0 Å². The van der Waals surface area contributed by atoms with E-state index in [1.807, 2.05) is 31.3 Å². The molecule has 0 fully saturated rings. The molecule has 0 aromatic heterocycles. The van der Waals surface area contributed by atoms with E-state index in [1.54, 1.807) is 0 Å². The Bertz CT molecular complexity index is 344. The van der Waals surface area contributed by atoms with Gasteiger partial charge >= 0.3 is 0 Å². The molecule has 0 saturated carbocycles. The normalized spacial score (nSPS) is 12.9. The average Bonchev–Trinajstić information content (AvgIpc) is 2.34. The molecule has 0 heterocycles. The van der Waals surface area contributed by atoms with Gasteiger partial charge in [-0.1, -0.05) is 12.1 Å². The van der Waals surface area contributed by atoms with Crippen LogP contribution in [-0.2, 0) is 0 Å². The monoisotopic (exact) mass is 252 g/mol. The highest BCUT2D eigenvalue weighted by Gasteiger charge is 2.10. The molecule has 102 valence electrons. The van der Waals surface area contributed by atoms with E-state index in [1.165, 1.54) is 0 Å². The van der Waals surface area contributed by atoms with Crippen molar-refractivity contribution in [3.8, 4) is 0 Å². The Labute approximate surface area is 109 Å². The molecule has 1 atom stereocenters. The number of aliphatic hydroxyl groups excluding tert-OH is 2. The largest absolute Gasteiger partial charge is 0.399 e. The number of hydrogen-bond donors (Lipinski definition) is 3. The molecule has 0 spiro atoms. The summed E-state index contributed by atoms with van der Waals surface area (Å²) >= 11 is 0. The minimum atomic E-state index is -0.503. The van der Waals surface area contributed by atoms with Gasteiger partial charge in [0.2, 0.25) is 0 Å². The highest BCUT2D eigenvalue weighted by Crippen LogP contribution is 2.16. The van der Waals surface area contributed by atoms with E-state index in [-0.39, 0.29) is 6.61 Å². The average molecular weight is 252 g/mol. The lowest BCUT2D eigenvalue weighted by Gasteiger charge is -2.20. The molecule has 0 bridgehead atoms. The topological polar surface area (TPSA) is 69.7 Å². The minimum absolute atomic E-state index is 0.260. The Hall–Kier alpha value is -1.10. The first-order valence-electron chi connectivity index (χ1n) is 6.46. The van der Waals surface area contributed by atoms with Gasteiger partial charge in [0, 0.05) is 18.8 Å². The van der Waals surface area contributed by atoms with Crippen LogP contribution in [0.15, 0.2) is 24.3 Å². The zero-order chi connectivity index (χ0) is 13.4. The number of nitrogens with zero attached hydrogens (tertiary/aromatic N) is 1. The van der Waals surface area contributed by atoms with Crippen LogP contribution in [0.5, 0.6) is 0 Å². The highest BCUT2D eigenvalue weighted by atomic mass is 16.3. The highest BCUT2D eigenvalue weighted by molar-refractivity contribution is 5.41. The Kier molecular flexibility index (Phi) is 6.72. The fourth-order valence-corrected chi connectivity index (χ4v) is 1.93. The third-order valence-electron chi connectivity index (χ3n) is 2.98. The van der Waals surface area contributed by atoms with Crippen LogP contribution in [0.1, 0.15) is 30.9 Å². The number of rotatable bonds is 8. The lowest BCUT2D eigenvalue weighted by atomic mass is 10.1. The second-order valence-electron chi connectivity index (χ2n) is 4.73. The number of nitrogens with two attached hydrogens (primary N) is 1. The SMILES string of the molecule is CN(CCCCCO)CC(O)c1cccc(N)c1. The molecule has 0 aliphatic rings. The van der Waals surface area contributed by atoms with Gasteiger partial charge in [-0.25, -0.2) is 0 Å². The summed E-state index contributed by atoms with van der Waals surface area (Å²) in [6.45, 7) is 1.79. The molecule has 0 saturated heterocycles. The zero-order valence-corrected chi connectivity index (χ0v) is 11.0. The van der Waals surface area contributed by atoms with Crippen LogP contribution in [0.4, 0.5) is 5.69 Å². The van der Waals surface area contributed by atoms with Crippen molar-refractivity contribution in [2.24, 2.45) is 0 Å². The molecule has 18 heavy (non-hydrogen) atoms. The second-order valence-corrected chi connectivity index (χ2v) is 4.73. The summed E-state index contributed by atoms with van der Waals surface area (Å²) < 4.78 is 0. The molecule has 4 heteroatoms. The standard InChI is InChI=1S/C14H24N2O2/c1-16(8-3-2-4-9-17)11-14(18)12-6-5-7-13(15)10-12/h5-7,10,14,17-18H,2-4,8-9,11,15H2,1H3. The molecule has 0 aliphatic carbocycles. The second kappa shape index (κ2) is 8.08. The number of aliphatic hydroxyl groups is 2. The predicted octanol–water partition coefficient (Wildman–Crippen LogP) is 1.40. The van der Waals surface area contributed by atoms with Crippen LogP contribution in [0.3, 0.4) is 0 Å². The number of nitrogen functional groups attached to an aromatic ring is 1. The molecular formula is C14H24N2O2. The van der Waals surface area contributed by atoms with Crippen molar-refractivity contribution < 1.29 is 10.2 Å². The molecule has 0 aliphatic heterocycles. The third-order valence-corrected chi connectivity index (χ3v) is 2.98. The van der Waals surface area contributed by atoms with Gasteiger partial charge < -0.3 is 20.8 Å². The number of anilines is 1. The molecule has 0 radical (unpaired) electrons. The molecule has 1 aromatic rings. The maximum atomic E-state index is 10.1. The molecule has 1 aromatic carbocycles. The van der Waals surface area contributed by atoms with Gasteiger partial charge in [-0.15, -0.1) is 0 Å². The van der Waals surface area contributed by atoms with E-state index < -0.39 is 6.10 Å². The number of hydrogen-bond acceptors (Lipinski definition) is 4. The summed E-state index contributed by atoms with van der Waals surface area (Å²) in [5, 5.41) is 18.8. The molecule has 1 rings (SSSR count). The summed E-state index contributed by atoms with van der Waals surface area (Å²) in [7, 11) is 1.99. The third kappa shape index (κ3) is 5.49. The fourth-order valence-electron chi connectivity index (χ4n) is 1.93. The van der Waals surface area contributed by atoms with E-state index in [0.29, 0.717) is 12.2 Å². The quantitative estimate of drug-likeness (QED) is 0.483. The van der Waals surface area contributed by atoms with Gasteiger partial charge in [-0.2, -0.15) is 0 Å². The molecule has 4 nitrogen and oxygen atoms in total. The zero-order valence-electron chi connectivity index (χ0n) is 11.0. The summed E-state index contributed by atoms with van der Waals surface area (Å²) in [5.74, 6) is 0. The van der Waals surface area contributed by atoms with Crippen LogP contribution >= 0.6 is 0 Å². The summed E-state index contributed by atoms with van der Waals surface area (Å²) in [6, 6.07) is 7.37. The van der Waals surface area contributed by atoms with Crippen molar-refractivity contribution in [2.75, 3.05) is 32.5 Å². The van der Waals surface area contributed by atoms with Crippen LogP contribution in [0.2, 0.25) is 0 Å². The van der Waals surface area contributed by atoms with E-state index in [2.05, 4.69) is 4.90 Å². The Morgan fingerprint density at radius 3 is 2.72 bits per heavy atom. The van der Waals surface area contributed by atoms with Gasteiger partial charge in [0.15, 0.2) is 0 Å². The number of likely N-dealkylation sites (N-methyl/N-ethyl adjacent to an activating group) is 1. The van der Waals surface area contributed by atoms with Crippen molar-refractivity contribution in [1.82, 2.24) is 4.90 Å². The van der Waals surface area contributed by atoms with E-state index in [9.17, 15) is 5.11 Å².